The molecule has 1 aliphatic rings. The molecule has 0 radical (unpaired) electrons. The highest BCUT2D eigenvalue weighted by atomic mass is 16.6. The quantitative estimate of drug-likeness (QED) is 0.615. The maximum Gasteiger partial charge on any atom is 0.273 e. The van der Waals surface area contributed by atoms with Crippen molar-refractivity contribution in [2.75, 3.05) is 19.8 Å². The van der Waals surface area contributed by atoms with Crippen molar-refractivity contribution >= 4 is 11.6 Å². The second kappa shape index (κ2) is 7.48. The average molecular weight is 344 g/mol. The largest absolute Gasteiger partial charge is 0.464 e. The Labute approximate surface area is 145 Å². The summed E-state index contributed by atoms with van der Waals surface area (Å²) >= 11 is 0. The van der Waals surface area contributed by atoms with Crippen molar-refractivity contribution in [3.8, 4) is 0 Å². The Morgan fingerprint density at radius 1 is 1.32 bits per heavy atom. The van der Waals surface area contributed by atoms with Crippen molar-refractivity contribution < 1.29 is 18.9 Å². The van der Waals surface area contributed by atoms with Gasteiger partial charge in [0.15, 0.2) is 0 Å². The molecule has 1 saturated heterocycles. The number of hydrogen-bond acceptors (Lipinski definition) is 5. The van der Waals surface area contributed by atoms with E-state index in [1.807, 2.05) is 19.1 Å². The summed E-state index contributed by atoms with van der Waals surface area (Å²) in [5, 5.41) is 11.1. The Kier molecular flexibility index (Phi) is 5.14. The number of hydrogen-bond donors (Lipinski definition) is 0. The van der Waals surface area contributed by atoms with Crippen molar-refractivity contribution in [3.05, 3.63) is 63.6 Å². The molecule has 25 heavy (non-hydrogen) atoms. The Hall–Kier alpha value is -2.67. The summed E-state index contributed by atoms with van der Waals surface area (Å²) in [6.07, 6.45) is 0.757. The summed E-state index contributed by atoms with van der Waals surface area (Å²) in [6, 6.07) is 9.79. The van der Waals surface area contributed by atoms with Crippen LogP contribution in [-0.2, 0) is 22.4 Å². The fourth-order valence-corrected chi connectivity index (χ4v) is 3.00. The van der Waals surface area contributed by atoms with Crippen molar-refractivity contribution in [2.45, 2.75) is 25.8 Å². The van der Waals surface area contributed by atoms with Gasteiger partial charge in [-0.3, -0.25) is 14.9 Å². The topological polar surface area (TPSA) is 85.8 Å². The maximum atomic E-state index is 12.8. The molecule has 0 saturated carbocycles. The first-order valence-electron chi connectivity index (χ1n) is 8.28. The van der Waals surface area contributed by atoms with Crippen molar-refractivity contribution in [1.29, 1.82) is 0 Å². The number of benzene rings is 1. The van der Waals surface area contributed by atoms with Crippen LogP contribution in [0.4, 0.5) is 5.69 Å². The molecule has 1 aromatic heterocycles. The molecule has 1 atom stereocenters. The standard InChI is InChI=1S/C18H20N2O5/c1-2-14-7-8-17(25-14)16-12-24-10-9-19(16)18(21)11-13-5-3-4-6-15(13)20(22)23/h3-8,16H,2,9-12H2,1H3. The van der Waals surface area contributed by atoms with E-state index >= 15 is 0 Å². The number of ether oxygens (including phenoxy) is 1. The van der Waals surface area contributed by atoms with E-state index in [2.05, 4.69) is 0 Å². The fourth-order valence-electron chi connectivity index (χ4n) is 3.00. The van der Waals surface area contributed by atoms with Crippen LogP contribution in [0, 0.1) is 10.1 Å². The van der Waals surface area contributed by atoms with Crippen LogP contribution in [0.5, 0.6) is 0 Å². The van der Waals surface area contributed by atoms with Crippen LogP contribution < -0.4 is 0 Å². The van der Waals surface area contributed by atoms with Crippen LogP contribution >= 0.6 is 0 Å². The smallest absolute Gasteiger partial charge is 0.273 e. The monoisotopic (exact) mass is 344 g/mol. The zero-order valence-electron chi connectivity index (χ0n) is 14.0. The summed E-state index contributed by atoms with van der Waals surface area (Å²) in [4.78, 5) is 25.2. The van der Waals surface area contributed by atoms with Gasteiger partial charge < -0.3 is 14.1 Å². The number of para-hydroxylation sites is 1. The number of carbonyl (C=O) groups excluding carboxylic acids is 1. The van der Waals surface area contributed by atoms with Gasteiger partial charge in [-0.05, 0) is 12.1 Å². The number of nitrogens with zero attached hydrogens (tertiary/aromatic N) is 2. The van der Waals surface area contributed by atoms with E-state index in [4.69, 9.17) is 9.15 Å². The minimum atomic E-state index is -0.459. The average Bonchev–Trinajstić information content (AvgIpc) is 3.11. The van der Waals surface area contributed by atoms with Crippen molar-refractivity contribution in [3.63, 3.8) is 0 Å². The van der Waals surface area contributed by atoms with E-state index in [0.29, 0.717) is 31.1 Å². The molecule has 1 amide bonds. The predicted octanol–water partition coefficient (Wildman–Crippen LogP) is 2.89. The van der Waals surface area contributed by atoms with Gasteiger partial charge in [-0.1, -0.05) is 25.1 Å². The molecule has 0 bridgehead atoms. The van der Waals surface area contributed by atoms with Gasteiger partial charge in [-0.15, -0.1) is 0 Å². The Morgan fingerprint density at radius 2 is 2.12 bits per heavy atom. The third-order valence-electron chi connectivity index (χ3n) is 4.34. The summed E-state index contributed by atoms with van der Waals surface area (Å²) in [7, 11) is 0. The van der Waals surface area contributed by atoms with E-state index in [9.17, 15) is 14.9 Å². The van der Waals surface area contributed by atoms with E-state index < -0.39 is 4.92 Å². The molecular weight excluding hydrogens is 324 g/mol. The number of aryl methyl sites for hydroxylation is 1. The van der Waals surface area contributed by atoms with Gasteiger partial charge in [0, 0.05) is 24.6 Å². The Morgan fingerprint density at radius 3 is 2.84 bits per heavy atom. The van der Waals surface area contributed by atoms with E-state index in [-0.39, 0.29) is 24.1 Å². The zero-order valence-corrected chi connectivity index (χ0v) is 14.0. The first-order valence-corrected chi connectivity index (χ1v) is 8.28. The van der Waals surface area contributed by atoms with Gasteiger partial charge in [0.05, 0.1) is 24.6 Å². The van der Waals surface area contributed by atoms with Gasteiger partial charge in [-0.25, -0.2) is 0 Å². The highest BCUT2D eigenvalue weighted by Crippen LogP contribution is 2.28. The van der Waals surface area contributed by atoms with Crippen molar-refractivity contribution in [2.24, 2.45) is 0 Å². The molecule has 0 spiro atoms. The molecule has 0 N–H and O–H groups in total. The number of rotatable bonds is 5. The summed E-state index contributed by atoms with van der Waals surface area (Å²) < 4.78 is 11.3. The normalized spacial score (nSPS) is 17.5. The summed E-state index contributed by atoms with van der Waals surface area (Å²) in [5.74, 6) is 1.37. The molecule has 132 valence electrons. The number of carbonyl (C=O) groups is 1. The number of nitro groups is 1. The predicted molar refractivity (Wildman–Crippen MR) is 90.2 cm³/mol. The summed E-state index contributed by atoms with van der Waals surface area (Å²) in [5.41, 5.74) is 0.378. The van der Waals surface area contributed by atoms with Gasteiger partial charge in [0.2, 0.25) is 5.91 Å². The third-order valence-corrected chi connectivity index (χ3v) is 4.34. The zero-order chi connectivity index (χ0) is 17.8. The van der Waals surface area contributed by atoms with Gasteiger partial charge >= 0.3 is 0 Å². The van der Waals surface area contributed by atoms with E-state index in [0.717, 1.165) is 12.2 Å². The van der Waals surface area contributed by atoms with Crippen LogP contribution in [0.2, 0.25) is 0 Å². The molecule has 1 unspecified atom stereocenters. The Balaban J connectivity index is 1.81. The molecule has 1 aliphatic heterocycles. The van der Waals surface area contributed by atoms with E-state index in [1.54, 1.807) is 23.1 Å². The molecule has 7 heteroatoms. The lowest BCUT2D eigenvalue weighted by Crippen LogP contribution is -2.44. The molecular formula is C18H20N2O5. The SMILES string of the molecule is CCc1ccc(C2COCCN2C(=O)Cc2ccccc2[N+](=O)[O-])o1. The van der Waals surface area contributed by atoms with E-state index in [1.165, 1.54) is 6.07 Å². The lowest BCUT2D eigenvalue weighted by molar-refractivity contribution is -0.385. The molecule has 2 heterocycles. The van der Waals surface area contributed by atoms with Crippen molar-refractivity contribution in [1.82, 2.24) is 4.90 Å². The molecule has 1 fully saturated rings. The van der Waals surface area contributed by atoms with Crippen LogP contribution in [0.25, 0.3) is 0 Å². The number of furan rings is 1. The lowest BCUT2D eigenvalue weighted by atomic mass is 10.1. The number of nitro benzene ring substituents is 1. The second-order valence-electron chi connectivity index (χ2n) is 5.90. The third kappa shape index (κ3) is 3.71. The number of morpholine rings is 1. The van der Waals surface area contributed by atoms with Crippen LogP contribution in [-0.4, -0.2) is 35.5 Å². The molecule has 7 nitrogen and oxygen atoms in total. The minimum Gasteiger partial charge on any atom is -0.464 e. The lowest BCUT2D eigenvalue weighted by Gasteiger charge is -2.34. The summed E-state index contributed by atoms with van der Waals surface area (Å²) in [6.45, 7) is 3.24. The van der Waals surface area contributed by atoms with Crippen LogP contribution in [0.1, 0.15) is 30.0 Å². The number of amides is 1. The molecule has 1 aromatic carbocycles. The van der Waals surface area contributed by atoms with Gasteiger partial charge in [0.25, 0.3) is 5.69 Å². The maximum absolute atomic E-state index is 12.8. The van der Waals surface area contributed by atoms with Gasteiger partial charge in [-0.2, -0.15) is 0 Å². The fraction of sp³-hybridized carbons (Fsp3) is 0.389. The molecule has 2 aromatic rings. The Bertz CT molecular complexity index is 770. The molecule has 0 aliphatic carbocycles. The second-order valence-corrected chi connectivity index (χ2v) is 5.90. The molecule has 3 rings (SSSR count). The van der Waals surface area contributed by atoms with Crippen LogP contribution in [0.15, 0.2) is 40.8 Å². The first kappa shape index (κ1) is 17.2. The minimum absolute atomic E-state index is 0.0189. The highest BCUT2D eigenvalue weighted by molar-refractivity contribution is 5.80. The van der Waals surface area contributed by atoms with Gasteiger partial charge in [0.1, 0.15) is 17.6 Å². The first-order chi connectivity index (χ1) is 12.1. The highest BCUT2D eigenvalue weighted by Gasteiger charge is 2.31. The van der Waals surface area contributed by atoms with Crippen LogP contribution in [0.3, 0.4) is 0 Å².